The van der Waals surface area contributed by atoms with Crippen molar-refractivity contribution in [2.45, 2.75) is 26.8 Å². The van der Waals surface area contributed by atoms with Crippen LogP contribution in [0, 0.1) is 5.92 Å². The van der Waals surface area contributed by atoms with Crippen LogP contribution in [0.1, 0.15) is 20.8 Å². The number of hydrogen-bond acceptors (Lipinski definition) is 2. The molecule has 0 aromatic rings. The fourth-order valence-corrected chi connectivity index (χ4v) is 1.56. The average molecular weight is 168 g/mol. The van der Waals surface area contributed by atoms with E-state index >= 15 is 0 Å². The molecule has 1 fully saturated rings. The molecule has 0 saturated carbocycles. The molecule has 2 N–H and O–H groups in total. The molecule has 0 radical (unpaired) electrons. The third kappa shape index (κ3) is 2.61. The van der Waals surface area contributed by atoms with Crippen LogP contribution in [0.4, 0.5) is 0 Å². The van der Waals surface area contributed by atoms with Gasteiger partial charge in [-0.1, -0.05) is 18.6 Å². The summed E-state index contributed by atoms with van der Waals surface area (Å²) in [6.45, 7) is 9.79. The molecule has 1 rings (SSSR count). The van der Waals surface area contributed by atoms with Crippen LogP contribution < -0.4 is 5.73 Å². The Labute approximate surface area is 75.4 Å². The van der Waals surface area contributed by atoms with Gasteiger partial charge in [-0.15, -0.1) is 0 Å². The van der Waals surface area contributed by atoms with E-state index in [9.17, 15) is 0 Å². The molecule has 0 amide bonds. The topological polar surface area (TPSA) is 29.3 Å². The molecule has 2 nitrogen and oxygen atoms in total. The van der Waals surface area contributed by atoms with Gasteiger partial charge in [0.25, 0.3) is 0 Å². The Kier molecular flexibility index (Phi) is 3.29. The van der Waals surface area contributed by atoms with E-state index in [1.165, 1.54) is 5.57 Å². The first-order chi connectivity index (χ1) is 5.59. The Balaban J connectivity index is 2.33. The smallest absolute Gasteiger partial charge is 0.0206 e. The summed E-state index contributed by atoms with van der Waals surface area (Å²) >= 11 is 0. The Morgan fingerprint density at radius 1 is 1.50 bits per heavy atom. The van der Waals surface area contributed by atoms with E-state index in [2.05, 4.69) is 31.7 Å². The maximum atomic E-state index is 5.91. The first kappa shape index (κ1) is 9.75. The second kappa shape index (κ2) is 4.06. The second-order valence-electron chi connectivity index (χ2n) is 4.14. The molecule has 2 unspecified atom stereocenters. The van der Waals surface area contributed by atoms with Crippen LogP contribution in [0.15, 0.2) is 11.6 Å². The minimum Gasteiger partial charge on any atom is -0.326 e. The quantitative estimate of drug-likeness (QED) is 0.628. The zero-order valence-electron chi connectivity index (χ0n) is 8.38. The van der Waals surface area contributed by atoms with Crippen molar-refractivity contribution in [3.8, 4) is 0 Å². The molecule has 1 saturated heterocycles. The highest BCUT2D eigenvalue weighted by atomic mass is 15.2. The lowest BCUT2D eigenvalue weighted by molar-refractivity contribution is 0.362. The zero-order chi connectivity index (χ0) is 9.14. The van der Waals surface area contributed by atoms with E-state index in [1.807, 2.05) is 0 Å². The molecule has 0 aromatic heterocycles. The van der Waals surface area contributed by atoms with Gasteiger partial charge < -0.3 is 5.73 Å². The Morgan fingerprint density at radius 3 is 2.58 bits per heavy atom. The maximum Gasteiger partial charge on any atom is 0.0206 e. The van der Waals surface area contributed by atoms with Gasteiger partial charge in [0.15, 0.2) is 0 Å². The Hall–Kier alpha value is -0.340. The second-order valence-corrected chi connectivity index (χ2v) is 4.14. The lowest BCUT2D eigenvalue weighted by Crippen LogP contribution is -2.28. The van der Waals surface area contributed by atoms with E-state index < -0.39 is 0 Å². The van der Waals surface area contributed by atoms with E-state index in [4.69, 9.17) is 5.73 Å². The molecule has 1 aliphatic heterocycles. The lowest BCUT2D eigenvalue weighted by atomic mass is 10.1. The average Bonchev–Trinajstić information content (AvgIpc) is 2.28. The van der Waals surface area contributed by atoms with E-state index in [0.29, 0.717) is 12.0 Å². The zero-order valence-corrected chi connectivity index (χ0v) is 8.38. The predicted octanol–water partition coefficient (Wildman–Crippen LogP) is 1.23. The van der Waals surface area contributed by atoms with Gasteiger partial charge in [-0.25, -0.2) is 0 Å². The SMILES string of the molecule is CC(C)=CCN1CC(C)C(N)C1. The molecule has 0 spiro atoms. The number of rotatable bonds is 2. The third-order valence-corrected chi connectivity index (χ3v) is 2.50. The van der Waals surface area contributed by atoms with Gasteiger partial charge in [-0.3, -0.25) is 4.90 Å². The van der Waals surface area contributed by atoms with Gasteiger partial charge >= 0.3 is 0 Å². The largest absolute Gasteiger partial charge is 0.326 e. The van der Waals surface area contributed by atoms with Crippen molar-refractivity contribution < 1.29 is 0 Å². The fraction of sp³-hybridized carbons (Fsp3) is 0.800. The molecule has 1 heterocycles. The summed E-state index contributed by atoms with van der Waals surface area (Å²) in [5.41, 5.74) is 7.30. The van der Waals surface area contributed by atoms with Crippen molar-refractivity contribution in [3.05, 3.63) is 11.6 Å². The van der Waals surface area contributed by atoms with Crippen LogP contribution in [-0.2, 0) is 0 Å². The van der Waals surface area contributed by atoms with Crippen molar-refractivity contribution in [2.75, 3.05) is 19.6 Å². The molecule has 0 aliphatic carbocycles. The van der Waals surface area contributed by atoms with Crippen LogP contribution >= 0.6 is 0 Å². The maximum absolute atomic E-state index is 5.91. The summed E-state index contributed by atoms with van der Waals surface area (Å²) in [6.07, 6.45) is 2.27. The summed E-state index contributed by atoms with van der Waals surface area (Å²) in [6, 6.07) is 0.385. The molecule has 70 valence electrons. The molecule has 2 atom stereocenters. The molecular formula is C10H20N2. The summed E-state index contributed by atoms with van der Waals surface area (Å²) in [7, 11) is 0. The van der Waals surface area contributed by atoms with Crippen LogP contribution in [0.3, 0.4) is 0 Å². The van der Waals surface area contributed by atoms with Gasteiger partial charge in [0.1, 0.15) is 0 Å². The van der Waals surface area contributed by atoms with Gasteiger partial charge in [0.05, 0.1) is 0 Å². The summed E-state index contributed by atoms with van der Waals surface area (Å²) in [5.74, 6) is 0.663. The highest BCUT2D eigenvalue weighted by Crippen LogP contribution is 2.13. The fourth-order valence-electron chi connectivity index (χ4n) is 1.56. The van der Waals surface area contributed by atoms with Crippen LogP contribution in [0.2, 0.25) is 0 Å². The van der Waals surface area contributed by atoms with Crippen molar-refractivity contribution in [1.82, 2.24) is 4.90 Å². The van der Waals surface area contributed by atoms with Gasteiger partial charge in [0.2, 0.25) is 0 Å². The molecule has 0 bridgehead atoms. The summed E-state index contributed by atoms with van der Waals surface area (Å²) in [4.78, 5) is 2.42. The predicted molar refractivity (Wildman–Crippen MR) is 53.0 cm³/mol. The Morgan fingerprint density at radius 2 is 2.17 bits per heavy atom. The minimum atomic E-state index is 0.385. The van der Waals surface area contributed by atoms with Crippen molar-refractivity contribution in [2.24, 2.45) is 11.7 Å². The number of nitrogens with two attached hydrogens (primary N) is 1. The van der Waals surface area contributed by atoms with E-state index in [0.717, 1.165) is 19.6 Å². The van der Waals surface area contributed by atoms with Crippen LogP contribution in [-0.4, -0.2) is 30.6 Å². The number of hydrogen-bond donors (Lipinski definition) is 1. The van der Waals surface area contributed by atoms with Crippen LogP contribution in [0.5, 0.6) is 0 Å². The molecular weight excluding hydrogens is 148 g/mol. The molecule has 0 aromatic carbocycles. The van der Waals surface area contributed by atoms with Gasteiger partial charge in [-0.05, 0) is 19.8 Å². The third-order valence-electron chi connectivity index (χ3n) is 2.50. The van der Waals surface area contributed by atoms with Crippen molar-refractivity contribution in [1.29, 1.82) is 0 Å². The van der Waals surface area contributed by atoms with Gasteiger partial charge in [-0.2, -0.15) is 0 Å². The minimum absolute atomic E-state index is 0.385. The first-order valence-electron chi connectivity index (χ1n) is 4.71. The standard InChI is InChI=1S/C10H20N2/c1-8(2)4-5-12-6-9(3)10(11)7-12/h4,9-10H,5-7,11H2,1-3H3. The molecule has 2 heteroatoms. The highest BCUT2D eigenvalue weighted by molar-refractivity contribution is 4.97. The van der Waals surface area contributed by atoms with Crippen LogP contribution in [0.25, 0.3) is 0 Å². The number of likely N-dealkylation sites (tertiary alicyclic amines) is 1. The lowest BCUT2D eigenvalue weighted by Gasteiger charge is -2.11. The number of nitrogens with zero attached hydrogens (tertiary/aromatic N) is 1. The van der Waals surface area contributed by atoms with E-state index in [1.54, 1.807) is 0 Å². The monoisotopic (exact) mass is 168 g/mol. The highest BCUT2D eigenvalue weighted by Gasteiger charge is 2.25. The van der Waals surface area contributed by atoms with Crippen molar-refractivity contribution >= 4 is 0 Å². The first-order valence-corrected chi connectivity index (χ1v) is 4.71. The van der Waals surface area contributed by atoms with E-state index in [-0.39, 0.29) is 0 Å². The van der Waals surface area contributed by atoms with Gasteiger partial charge in [0, 0.05) is 25.7 Å². The molecule has 12 heavy (non-hydrogen) atoms. The molecule has 1 aliphatic rings. The van der Waals surface area contributed by atoms with Crippen molar-refractivity contribution in [3.63, 3.8) is 0 Å². The normalized spacial score (nSPS) is 30.7. The Bertz CT molecular complexity index is 161. The number of allylic oxidation sites excluding steroid dienone is 1. The summed E-state index contributed by atoms with van der Waals surface area (Å²) < 4.78 is 0. The summed E-state index contributed by atoms with van der Waals surface area (Å²) in [5, 5.41) is 0.